The lowest BCUT2D eigenvalue weighted by molar-refractivity contribution is -0.0190. The molecule has 0 aliphatic carbocycles. The summed E-state index contributed by atoms with van der Waals surface area (Å²) in [5.41, 5.74) is 5.64. The summed E-state index contributed by atoms with van der Waals surface area (Å²) in [7, 11) is 0. The maximum absolute atomic E-state index is 6.41. The molecule has 0 aromatic heterocycles. The Bertz CT molecular complexity index is 1060. The second kappa shape index (κ2) is 6.94. The number of hydrogen-bond acceptors (Lipinski definition) is 3. The standard InChI is InChI=1S/C23H18BrClN2O/c1-14-2-4-16(5-3-14)23-27-21(19-12-17(24)8-11-22(19)28-23)13-20(26-27)15-6-9-18(25)10-7-15/h2-12,21,23H,13H2,1H3. The molecule has 3 aromatic rings. The van der Waals surface area contributed by atoms with Crippen molar-refractivity contribution in [2.24, 2.45) is 5.10 Å². The Balaban J connectivity index is 1.59. The lowest BCUT2D eigenvalue weighted by Crippen LogP contribution is -2.33. The molecule has 5 rings (SSSR count). The molecule has 28 heavy (non-hydrogen) atoms. The van der Waals surface area contributed by atoms with E-state index in [0.29, 0.717) is 0 Å². The van der Waals surface area contributed by atoms with E-state index < -0.39 is 0 Å². The molecule has 0 bridgehead atoms. The minimum Gasteiger partial charge on any atom is -0.464 e. The summed E-state index contributed by atoms with van der Waals surface area (Å²) in [6.07, 6.45) is 0.584. The number of hydrazone groups is 1. The van der Waals surface area contributed by atoms with Crippen LogP contribution in [0.2, 0.25) is 5.02 Å². The maximum Gasteiger partial charge on any atom is 0.213 e. The summed E-state index contributed by atoms with van der Waals surface area (Å²) in [5, 5.41) is 7.82. The van der Waals surface area contributed by atoms with Crippen molar-refractivity contribution in [1.29, 1.82) is 0 Å². The first-order valence-corrected chi connectivity index (χ1v) is 10.4. The molecular formula is C23H18BrClN2O. The van der Waals surface area contributed by atoms with Crippen LogP contribution < -0.4 is 4.74 Å². The lowest BCUT2D eigenvalue weighted by Gasteiger charge is -2.38. The number of aryl methyl sites for hydroxylation is 1. The molecule has 3 aromatic carbocycles. The molecule has 2 unspecified atom stereocenters. The molecular weight excluding hydrogens is 436 g/mol. The Morgan fingerprint density at radius 1 is 1.04 bits per heavy atom. The fourth-order valence-electron chi connectivity index (χ4n) is 3.83. The molecule has 5 heteroatoms. The Labute approximate surface area is 177 Å². The van der Waals surface area contributed by atoms with Gasteiger partial charge in [-0.05, 0) is 42.8 Å². The van der Waals surface area contributed by atoms with Gasteiger partial charge in [0.15, 0.2) is 0 Å². The molecule has 0 saturated carbocycles. The molecule has 0 N–H and O–H groups in total. The normalized spacial score (nSPS) is 20.2. The van der Waals surface area contributed by atoms with Crippen molar-refractivity contribution in [2.75, 3.05) is 0 Å². The molecule has 2 aliphatic heterocycles. The van der Waals surface area contributed by atoms with Gasteiger partial charge in [-0.3, -0.25) is 0 Å². The van der Waals surface area contributed by atoms with Crippen LogP contribution in [0.1, 0.15) is 40.9 Å². The van der Waals surface area contributed by atoms with Gasteiger partial charge in [0.05, 0.1) is 11.8 Å². The van der Waals surface area contributed by atoms with Gasteiger partial charge in [-0.25, -0.2) is 5.01 Å². The van der Waals surface area contributed by atoms with Crippen LogP contribution in [0.25, 0.3) is 0 Å². The quantitative estimate of drug-likeness (QED) is 0.434. The van der Waals surface area contributed by atoms with Crippen molar-refractivity contribution in [3.63, 3.8) is 0 Å². The van der Waals surface area contributed by atoms with Gasteiger partial charge in [0.25, 0.3) is 0 Å². The molecule has 2 heterocycles. The Kier molecular flexibility index (Phi) is 4.41. The molecule has 2 atom stereocenters. The smallest absolute Gasteiger partial charge is 0.213 e. The fourth-order valence-corrected chi connectivity index (χ4v) is 4.33. The number of ether oxygens (including phenoxy) is 1. The van der Waals surface area contributed by atoms with Gasteiger partial charge < -0.3 is 4.74 Å². The molecule has 0 saturated heterocycles. The predicted octanol–water partition coefficient (Wildman–Crippen LogP) is 6.65. The minimum absolute atomic E-state index is 0.137. The number of hydrogen-bond donors (Lipinski definition) is 0. The average Bonchev–Trinajstić information content (AvgIpc) is 3.14. The van der Waals surface area contributed by atoms with Crippen LogP contribution in [0, 0.1) is 6.92 Å². The van der Waals surface area contributed by atoms with Crippen molar-refractivity contribution in [3.05, 3.63) is 98.5 Å². The van der Waals surface area contributed by atoms with Crippen LogP contribution in [0.3, 0.4) is 0 Å². The van der Waals surface area contributed by atoms with Gasteiger partial charge in [-0.1, -0.05) is 69.5 Å². The highest BCUT2D eigenvalue weighted by Gasteiger charge is 2.41. The second-order valence-corrected chi connectivity index (χ2v) is 8.57. The second-order valence-electron chi connectivity index (χ2n) is 7.22. The topological polar surface area (TPSA) is 24.8 Å². The summed E-state index contributed by atoms with van der Waals surface area (Å²) < 4.78 is 7.45. The maximum atomic E-state index is 6.41. The number of halogens is 2. The summed E-state index contributed by atoms with van der Waals surface area (Å²) in [4.78, 5) is 0. The summed E-state index contributed by atoms with van der Waals surface area (Å²) in [6.45, 7) is 2.09. The molecule has 140 valence electrons. The van der Waals surface area contributed by atoms with Crippen LogP contribution in [0.5, 0.6) is 5.75 Å². The van der Waals surface area contributed by atoms with Gasteiger partial charge in [-0.15, -0.1) is 0 Å². The van der Waals surface area contributed by atoms with E-state index in [9.17, 15) is 0 Å². The third kappa shape index (κ3) is 3.11. The summed E-state index contributed by atoms with van der Waals surface area (Å²) in [6, 6.07) is 22.7. The molecule has 3 nitrogen and oxygen atoms in total. The highest BCUT2D eigenvalue weighted by Crippen LogP contribution is 2.48. The highest BCUT2D eigenvalue weighted by atomic mass is 79.9. The van der Waals surface area contributed by atoms with Crippen LogP contribution in [-0.4, -0.2) is 10.7 Å². The largest absolute Gasteiger partial charge is 0.464 e. The SMILES string of the molecule is Cc1ccc(C2Oc3ccc(Br)cc3C3CC(c4ccc(Cl)cc4)=NN32)cc1. The number of fused-ring (bicyclic) bond motifs is 3. The third-order valence-electron chi connectivity index (χ3n) is 5.29. The Morgan fingerprint density at radius 3 is 2.54 bits per heavy atom. The van der Waals surface area contributed by atoms with E-state index in [1.54, 1.807) is 0 Å². The zero-order valence-corrected chi connectivity index (χ0v) is 17.6. The molecule has 0 amide bonds. The molecule has 2 aliphatic rings. The van der Waals surface area contributed by atoms with Gasteiger partial charge in [0.2, 0.25) is 6.23 Å². The van der Waals surface area contributed by atoms with Crippen molar-refractivity contribution in [1.82, 2.24) is 5.01 Å². The van der Waals surface area contributed by atoms with E-state index in [4.69, 9.17) is 21.4 Å². The van der Waals surface area contributed by atoms with Crippen LogP contribution in [0.15, 0.2) is 76.3 Å². The molecule has 0 spiro atoms. The minimum atomic E-state index is -0.246. The fraction of sp³-hybridized carbons (Fsp3) is 0.174. The average molecular weight is 454 g/mol. The van der Waals surface area contributed by atoms with Gasteiger partial charge in [-0.2, -0.15) is 5.10 Å². The van der Waals surface area contributed by atoms with E-state index in [2.05, 4.69) is 58.2 Å². The Hall–Kier alpha value is -2.30. The van der Waals surface area contributed by atoms with Crippen LogP contribution >= 0.6 is 27.5 Å². The third-order valence-corrected chi connectivity index (χ3v) is 6.04. The van der Waals surface area contributed by atoms with Crippen molar-refractivity contribution < 1.29 is 4.74 Å². The number of benzene rings is 3. The molecule has 0 radical (unpaired) electrons. The number of nitrogens with zero attached hydrogens (tertiary/aromatic N) is 2. The monoisotopic (exact) mass is 452 g/mol. The highest BCUT2D eigenvalue weighted by molar-refractivity contribution is 9.10. The van der Waals surface area contributed by atoms with Crippen molar-refractivity contribution in [3.8, 4) is 5.75 Å². The molecule has 0 fully saturated rings. The van der Waals surface area contributed by atoms with E-state index in [0.717, 1.165) is 44.1 Å². The zero-order valence-electron chi connectivity index (χ0n) is 15.3. The number of rotatable bonds is 2. The first kappa shape index (κ1) is 17.8. The Morgan fingerprint density at radius 2 is 1.79 bits per heavy atom. The van der Waals surface area contributed by atoms with E-state index in [-0.39, 0.29) is 12.3 Å². The van der Waals surface area contributed by atoms with E-state index >= 15 is 0 Å². The van der Waals surface area contributed by atoms with Crippen LogP contribution in [0.4, 0.5) is 0 Å². The van der Waals surface area contributed by atoms with Gasteiger partial charge >= 0.3 is 0 Å². The lowest BCUT2D eigenvalue weighted by atomic mass is 9.96. The van der Waals surface area contributed by atoms with E-state index in [1.807, 2.05) is 36.4 Å². The van der Waals surface area contributed by atoms with Crippen molar-refractivity contribution in [2.45, 2.75) is 25.6 Å². The summed E-state index contributed by atoms with van der Waals surface area (Å²) >= 11 is 9.66. The van der Waals surface area contributed by atoms with Crippen molar-refractivity contribution >= 4 is 33.2 Å². The van der Waals surface area contributed by atoms with Gasteiger partial charge in [0.1, 0.15) is 5.75 Å². The van der Waals surface area contributed by atoms with E-state index in [1.165, 1.54) is 5.56 Å². The van der Waals surface area contributed by atoms with Crippen LogP contribution in [-0.2, 0) is 0 Å². The first-order valence-electron chi connectivity index (χ1n) is 9.23. The zero-order chi connectivity index (χ0) is 19.3. The van der Waals surface area contributed by atoms with Gasteiger partial charge in [0, 0.05) is 27.0 Å². The first-order chi connectivity index (χ1) is 13.6. The summed E-state index contributed by atoms with van der Waals surface area (Å²) in [5.74, 6) is 0.919. The predicted molar refractivity (Wildman–Crippen MR) is 116 cm³/mol.